The molecule has 0 spiro atoms. The predicted molar refractivity (Wildman–Crippen MR) is 114 cm³/mol. The number of aromatic nitrogens is 1. The number of hydrogen-bond donors (Lipinski definition) is 3. The summed E-state index contributed by atoms with van der Waals surface area (Å²) < 4.78 is 30.4. The molecule has 3 aromatic rings. The van der Waals surface area contributed by atoms with Crippen molar-refractivity contribution in [1.29, 1.82) is 0 Å². The number of thiocarbonyl (C=S) groups is 1. The summed E-state index contributed by atoms with van der Waals surface area (Å²) in [6, 6.07) is 11.4. The first-order chi connectivity index (χ1) is 13.8. The third kappa shape index (κ3) is 4.06. The first-order valence-corrected chi connectivity index (χ1v) is 10.5. The van der Waals surface area contributed by atoms with Crippen LogP contribution in [0.5, 0.6) is 11.6 Å². The van der Waals surface area contributed by atoms with Crippen molar-refractivity contribution in [3.05, 3.63) is 42.5 Å². The zero-order chi connectivity index (χ0) is 21.2. The normalized spacial score (nSPS) is 11.8. The molecule has 1 heterocycles. The molecule has 11 heteroatoms. The van der Waals surface area contributed by atoms with Gasteiger partial charge < -0.3 is 19.7 Å². The minimum Gasteiger partial charge on any atom is -0.495 e. The highest BCUT2D eigenvalue weighted by Crippen LogP contribution is 2.42. The van der Waals surface area contributed by atoms with Crippen LogP contribution in [0.25, 0.3) is 10.9 Å². The van der Waals surface area contributed by atoms with Gasteiger partial charge in [0, 0.05) is 11.9 Å². The summed E-state index contributed by atoms with van der Waals surface area (Å²) in [5.41, 5.74) is 1.09. The average molecular weight is 434 g/mol. The molecule has 0 saturated carbocycles. The van der Waals surface area contributed by atoms with Gasteiger partial charge in [-0.05, 0) is 37.3 Å². The van der Waals surface area contributed by atoms with E-state index >= 15 is 0 Å². The Bertz CT molecular complexity index is 1220. The number of rotatable bonds is 5. The summed E-state index contributed by atoms with van der Waals surface area (Å²) in [6.07, 6.45) is 0. The number of aryl methyl sites for hydroxylation is 1. The van der Waals surface area contributed by atoms with E-state index in [1.807, 2.05) is 6.92 Å². The number of aromatic hydroxyl groups is 1. The Balaban J connectivity index is 1.97. The van der Waals surface area contributed by atoms with E-state index in [-0.39, 0.29) is 27.3 Å². The Morgan fingerprint density at radius 2 is 2.00 bits per heavy atom. The van der Waals surface area contributed by atoms with E-state index in [0.717, 1.165) is 0 Å². The number of ether oxygens (including phenoxy) is 1. The van der Waals surface area contributed by atoms with Crippen LogP contribution in [0.3, 0.4) is 0 Å². The number of azo groups is 1. The van der Waals surface area contributed by atoms with Gasteiger partial charge in [0.05, 0.1) is 18.3 Å². The molecule has 0 amide bonds. The summed E-state index contributed by atoms with van der Waals surface area (Å²) in [6.45, 7) is 2.37. The monoisotopic (exact) mass is 433 g/mol. The fraction of sp³-hybridized carbons (Fsp3) is 0.167. The molecule has 2 aromatic carbocycles. The predicted octanol–water partition coefficient (Wildman–Crippen LogP) is 3.50. The largest absolute Gasteiger partial charge is 0.495 e. The zero-order valence-corrected chi connectivity index (χ0v) is 17.3. The number of anilines is 1. The highest BCUT2D eigenvalue weighted by molar-refractivity contribution is 7.89. The van der Waals surface area contributed by atoms with Crippen molar-refractivity contribution in [1.82, 2.24) is 4.57 Å². The van der Waals surface area contributed by atoms with E-state index in [1.54, 1.807) is 42.0 Å². The number of hydrogen-bond acceptors (Lipinski definition) is 6. The van der Waals surface area contributed by atoms with Crippen LogP contribution >= 0.6 is 12.2 Å². The molecule has 0 bridgehead atoms. The second-order valence-electron chi connectivity index (χ2n) is 5.94. The number of methoxy groups -OCH3 is 1. The second-order valence-corrected chi connectivity index (χ2v) is 7.86. The SMILES string of the molecule is CCn1c(O)c(N=NC(=S)Nc2ccccc2S(N)(=O)=O)c2cccc(OC)c21. The molecule has 0 saturated heterocycles. The number of nitrogens with one attached hydrogen (secondary N) is 1. The number of benzene rings is 2. The van der Waals surface area contributed by atoms with Crippen molar-refractivity contribution >= 4 is 49.6 Å². The number of para-hydroxylation sites is 2. The van der Waals surface area contributed by atoms with Crippen LogP contribution in [0.1, 0.15) is 6.92 Å². The fourth-order valence-corrected chi connectivity index (χ4v) is 3.82. The Morgan fingerprint density at radius 3 is 2.66 bits per heavy atom. The highest BCUT2D eigenvalue weighted by atomic mass is 32.2. The highest BCUT2D eigenvalue weighted by Gasteiger charge is 2.19. The number of nitrogens with zero attached hydrogens (tertiary/aromatic N) is 3. The third-order valence-corrected chi connectivity index (χ3v) is 5.36. The first kappa shape index (κ1) is 20.7. The van der Waals surface area contributed by atoms with Gasteiger partial charge in [-0.1, -0.05) is 24.3 Å². The van der Waals surface area contributed by atoms with Crippen molar-refractivity contribution in [2.75, 3.05) is 12.4 Å². The number of fused-ring (bicyclic) bond motifs is 1. The molecule has 4 N–H and O–H groups in total. The lowest BCUT2D eigenvalue weighted by Gasteiger charge is -2.08. The Labute approximate surface area is 172 Å². The quantitative estimate of drug-likeness (QED) is 0.417. The standard InChI is InChI=1S/C18H19N5O4S2/c1-3-23-16-11(7-6-9-13(16)27-2)15(17(23)24)21-22-18(28)20-12-8-4-5-10-14(12)29(19,25)26/h4-10,24H,3H2,1-2H3,(H,20,28)(H2,19,25,26). The van der Waals surface area contributed by atoms with Gasteiger partial charge in [0.15, 0.2) is 5.69 Å². The molecule has 1 aromatic heterocycles. The molecule has 3 rings (SSSR count). The Hall–Kier alpha value is -3.02. The minimum atomic E-state index is -3.94. The average Bonchev–Trinajstić information content (AvgIpc) is 2.96. The maximum atomic E-state index is 11.7. The molecule has 152 valence electrons. The number of primary sulfonamides is 1. The molecule has 0 radical (unpaired) electrons. The zero-order valence-electron chi connectivity index (χ0n) is 15.7. The van der Waals surface area contributed by atoms with E-state index in [9.17, 15) is 13.5 Å². The molecular weight excluding hydrogens is 414 g/mol. The van der Waals surface area contributed by atoms with Crippen LogP contribution < -0.4 is 15.2 Å². The van der Waals surface area contributed by atoms with Crippen LogP contribution in [-0.2, 0) is 16.6 Å². The van der Waals surface area contributed by atoms with Gasteiger partial charge in [0.2, 0.25) is 21.0 Å². The van der Waals surface area contributed by atoms with Crippen molar-refractivity contribution in [2.45, 2.75) is 18.4 Å². The van der Waals surface area contributed by atoms with Gasteiger partial charge in [-0.2, -0.15) is 0 Å². The van der Waals surface area contributed by atoms with E-state index in [4.69, 9.17) is 22.1 Å². The third-order valence-electron chi connectivity index (χ3n) is 4.20. The first-order valence-electron chi connectivity index (χ1n) is 8.50. The van der Waals surface area contributed by atoms with Crippen LogP contribution in [-0.4, -0.2) is 30.3 Å². The Kier molecular flexibility index (Phi) is 5.82. The van der Waals surface area contributed by atoms with Gasteiger partial charge in [0.25, 0.3) is 0 Å². The molecule has 0 aliphatic rings. The summed E-state index contributed by atoms with van der Waals surface area (Å²) >= 11 is 5.15. The van der Waals surface area contributed by atoms with Crippen molar-refractivity contribution in [3.63, 3.8) is 0 Å². The molecule has 0 atom stereocenters. The fourth-order valence-electron chi connectivity index (χ4n) is 2.97. The van der Waals surface area contributed by atoms with Crippen molar-refractivity contribution in [2.24, 2.45) is 15.4 Å². The second kappa shape index (κ2) is 8.15. The maximum absolute atomic E-state index is 11.7. The Morgan fingerprint density at radius 1 is 1.28 bits per heavy atom. The lowest BCUT2D eigenvalue weighted by atomic mass is 10.2. The minimum absolute atomic E-state index is 0.0801. The van der Waals surface area contributed by atoms with E-state index in [2.05, 4.69) is 15.5 Å². The van der Waals surface area contributed by atoms with Gasteiger partial charge in [-0.25, -0.2) is 13.6 Å². The maximum Gasteiger partial charge on any atom is 0.240 e. The molecule has 29 heavy (non-hydrogen) atoms. The van der Waals surface area contributed by atoms with Crippen LogP contribution in [0.15, 0.2) is 57.6 Å². The molecule has 0 aliphatic heterocycles. The smallest absolute Gasteiger partial charge is 0.240 e. The number of nitrogens with two attached hydrogens (primary N) is 1. The van der Waals surface area contributed by atoms with Crippen LogP contribution in [0, 0.1) is 0 Å². The van der Waals surface area contributed by atoms with Crippen molar-refractivity contribution in [3.8, 4) is 11.6 Å². The molecule has 9 nitrogen and oxygen atoms in total. The van der Waals surface area contributed by atoms with E-state index in [0.29, 0.717) is 23.2 Å². The van der Waals surface area contributed by atoms with Crippen molar-refractivity contribution < 1.29 is 18.3 Å². The molecule has 0 aliphatic carbocycles. The summed E-state index contributed by atoms with van der Waals surface area (Å²) in [4.78, 5) is -0.118. The summed E-state index contributed by atoms with van der Waals surface area (Å²) in [5, 5.41) is 27.0. The van der Waals surface area contributed by atoms with Gasteiger partial charge in [-0.15, -0.1) is 10.2 Å². The van der Waals surface area contributed by atoms with E-state index < -0.39 is 10.0 Å². The van der Waals surface area contributed by atoms with Crippen LogP contribution in [0.2, 0.25) is 0 Å². The van der Waals surface area contributed by atoms with Gasteiger partial charge >= 0.3 is 0 Å². The van der Waals surface area contributed by atoms with E-state index in [1.165, 1.54) is 12.1 Å². The van der Waals surface area contributed by atoms with Gasteiger partial charge in [0.1, 0.15) is 10.6 Å². The van der Waals surface area contributed by atoms with Gasteiger partial charge in [-0.3, -0.25) is 0 Å². The summed E-state index contributed by atoms with van der Waals surface area (Å²) in [7, 11) is -2.40. The van der Waals surface area contributed by atoms with Crippen LogP contribution in [0.4, 0.5) is 11.4 Å². The molecule has 0 fully saturated rings. The lowest BCUT2D eigenvalue weighted by molar-refractivity contribution is 0.408. The number of sulfonamides is 1. The molecular formula is C18H19N5O4S2. The molecule has 0 unspecified atom stereocenters. The topological polar surface area (TPSA) is 131 Å². The summed E-state index contributed by atoms with van der Waals surface area (Å²) in [5.74, 6) is 0.507. The lowest BCUT2D eigenvalue weighted by Crippen LogP contribution is -2.16.